The van der Waals surface area contributed by atoms with Crippen molar-refractivity contribution < 1.29 is 46.3 Å². The van der Waals surface area contributed by atoms with Crippen LogP contribution >= 0.6 is 11.3 Å². The Morgan fingerprint density at radius 2 is 1.98 bits per heavy atom. The van der Waals surface area contributed by atoms with E-state index >= 15 is 0 Å². The van der Waals surface area contributed by atoms with Gasteiger partial charge in [0.25, 0.3) is 17.4 Å². The molecule has 268 valence electrons. The zero-order chi connectivity index (χ0) is 36.4. The van der Waals surface area contributed by atoms with Crippen molar-refractivity contribution in [3.05, 3.63) is 47.2 Å². The maximum atomic E-state index is 13.5. The number of hydrogen-bond donors (Lipinski definition) is 6. The van der Waals surface area contributed by atoms with Crippen LogP contribution in [0.1, 0.15) is 44.9 Å². The zero-order valence-corrected chi connectivity index (χ0v) is 28.7. The minimum Gasteiger partial charge on any atom is -0.485 e. The van der Waals surface area contributed by atoms with E-state index in [1.807, 2.05) is 6.07 Å². The summed E-state index contributed by atoms with van der Waals surface area (Å²) in [4.78, 5) is 57.1. The van der Waals surface area contributed by atoms with Gasteiger partial charge in [0.05, 0.1) is 5.54 Å². The Labute approximate surface area is 289 Å². The van der Waals surface area contributed by atoms with E-state index < -0.39 is 57.2 Å². The van der Waals surface area contributed by atoms with Gasteiger partial charge in [-0.1, -0.05) is 11.2 Å². The quantitative estimate of drug-likeness (QED) is 0.0438. The second-order valence-electron chi connectivity index (χ2n) is 12.0. The molecular weight excluding hydrogens is 699 g/mol. The number of aromatic nitrogens is 3. The molecule has 8 N–H and O–H groups in total. The van der Waals surface area contributed by atoms with E-state index in [1.165, 1.54) is 26.2 Å². The predicted molar refractivity (Wildman–Crippen MR) is 178 cm³/mol. The Hall–Kier alpha value is -4.96. The zero-order valence-electron chi connectivity index (χ0n) is 27.0. The molecule has 0 saturated carbocycles. The van der Waals surface area contributed by atoms with Crippen LogP contribution in [-0.2, 0) is 40.3 Å². The second-order valence-corrected chi connectivity index (χ2v) is 13.9. The molecular formula is C29H35N9O10S2. The Morgan fingerprint density at radius 1 is 1.26 bits per heavy atom. The summed E-state index contributed by atoms with van der Waals surface area (Å²) in [5.74, 6) is -2.54. The van der Waals surface area contributed by atoms with Gasteiger partial charge in [0.1, 0.15) is 17.5 Å². The van der Waals surface area contributed by atoms with Crippen LogP contribution in [0.25, 0.3) is 11.1 Å². The summed E-state index contributed by atoms with van der Waals surface area (Å²) in [6.45, 7) is 5.19. The molecule has 3 atom stereocenters. The molecule has 2 aromatic heterocycles. The Kier molecular flexibility index (Phi) is 10.3. The summed E-state index contributed by atoms with van der Waals surface area (Å²) in [6, 6.07) is 4.07. The highest BCUT2D eigenvalue weighted by atomic mass is 32.3. The van der Waals surface area contributed by atoms with Crippen LogP contribution in [0.15, 0.2) is 41.1 Å². The first-order valence-electron chi connectivity index (χ1n) is 15.1. The lowest BCUT2D eigenvalue weighted by molar-refractivity contribution is -0.218. The van der Waals surface area contributed by atoms with Crippen molar-refractivity contribution in [1.29, 1.82) is 0 Å². The number of carbonyl (C=O) groups excluding carboxylic acids is 2. The fourth-order valence-corrected chi connectivity index (χ4v) is 6.22. The topological polar surface area (TPSA) is 284 Å². The summed E-state index contributed by atoms with van der Waals surface area (Å²) in [5, 5.41) is 21.5. The third-order valence-corrected chi connectivity index (χ3v) is 9.13. The molecule has 1 saturated heterocycles. The summed E-state index contributed by atoms with van der Waals surface area (Å²) in [5.41, 5.74) is 9.54. The number of fused-ring (bicyclic) bond motifs is 1. The molecule has 5 rings (SSSR count). The number of nitrogens with two attached hydrogens (primary N) is 2. The molecule has 2 aliphatic heterocycles. The average molecular weight is 734 g/mol. The van der Waals surface area contributed by atoms with Crippen molar-refractivity contribution in [3.8, 4) is 16.9 Å². The van der Waals surface area contributed by atoms with E-state index in [0.717, 1.165) is 34.4 Å². The molecule has 1 aromatic carbocycles. The Bertz CT molecular complexity index is 1920. The number of anilines is 2. The monoisotopic (exact) mass is 733 g/mol. The van der Waals surface area contributed by atoms with E-state index in [9.17, 15) is 27.9 Å². The molecule has 0 spiro atoms. The molecule has 50 heavy (non-hydrogen) atoms. The first kappa shape index (κ1) is 36.3. The lowest BCUT2D eigenvalue weighted by Gasteiger charge is -2.50. The van der Waals surface area contributed by atoms with Gasteiger partial charge in [-0.2, -0.15) is 13.5 Å². The molecule has 3 aromatic rings. The van der Waals surface area contributed by atoms with Crippen LogP contribution in [-0.4, -0.2) is 98.0 Å². The van der Waals surface area contributed by atoms with Gasteiger partial charge in [-0.15, -0.1) is 15.6 Å². The third-order valence-electron chi connectivity index (χ3n) is 8.12. The van der Waals surface area contributed by atoms with Crippen LogP contribution < -0.4 is 26.8 Å². The van der Waals surface area contributed by atoms with E-state index in [-0.39, 0.29) is 17.2 Å². The third kappa shape index (κ3) is 7.60. The van der Waals surface area contributed by atoms with Gasteiger partial charge in [-0.05, 0) is 69.8 Å². The van der Waals surface area contributed by atoms with Crippen LogP contribution in [0.3, 0.4) is 0 Å². The van der Waals surface area contributed by atoms with E-state index in [4.69, 9.17) is 25.6 Å². The molecule has 21 heteroatoms. The highest BCUT2D eigenvalue weighted by Crippen LogP contribution is 2.37. The average Bonchev–Trinajstić information content (AvgIpc) is 3.50. The van der Waals surface area contributed by atoms with Gasteiger partial charge in [-0.3, -0.25) is 14.1 Å². The minimum absolute atomic E-state index is 0.0579. The molecule has 2 aliphatic rings. The number of carboxylic acid groups (broad SMARTS) is 1. The smallest absolute Gasteiger partial charge is 0.418 e. The number of oxime groups is 1. The molecule has 1 fully saturated rings. The van der Waals surface area contributed by atoms with Crippen LogP contribution in [0.2, 0.25) is 0 Å². The lowest BCUT2D eigenvalue weighted by Crippen LogP contribution is -2.76. The number of thiazole rings is 1. The van der Waals surface area contributed by atoms with Crippen molar-refractivity contribution in [2.24, 2.45) is 10.9 Å². The van der Waals surface area contributed by atoms with Crippen LogP contribution in [0, 0.1) is 0 Å². The number of rotatable bonds is 14. The van der Waals surface area contributed by atoms with Crippen molar-refractivity contribution in [2.75, 3.05) is 24.1 Å². The number of hydrogen-bond acceptors (Lipinski definition) is 16. The molecule has 4 heterocycles. The van der Waals surface area contributed by atoms with E-state index in [0.29, 0.717) is 36.3 Å². The highest BCUT2D eigenvalue weighted by Gasteiger charge is 2.58. The van der Waals surface area contributed by atoms with Gasteiger partial charge in [0.2, 0.25) is 5.95 Å². The van der Waals surface area contributed by atoms with Crippen LogP contribution in [0.5, 0.6) is 5.75 Å². The number of ether oxygens (including phenoxy) is 1. The summed E-state index contributed by atoms with van der Waals surface area (Å²) in [7, 11) is -5.03. The number of hydroxylamine groups is 2. The summed E-state index contributed by atoms with van der Waals surface area (Å²) in [6.07, 6.45) is 3.72. The number of β-lactam (4-membered cyclic amide) rings is 1. The molecule has 0 bridgehead atoms. The maximum absolute atomic E-state index is 13.5. The standard InChI is InChI=1S/C29H35N9O10S2/c1-28(2)22(24(40)38(28)48-50(43,44)45)36-23(39)21(18-14-49-26(31)35-18)37-47-29(3,25(41)42)20-8-6-16-11-15(5-7-19(16)46-20)17-12-33-27(34-13-17)32-10-4-9-30/h5,7,11-14,20,22H,4,6,8-10,30H2,1-3H3,(H2,31,35)(H,36,39)(H,41,42)(H,32,33,34)(H,43,44,45)/b37-21-/t20-,22-,29+/m1/s1. The number of carbonyl (C=O) groups is 3. The first-order chi connectivity index (χ1) is 23.5. The molecule has 19 nitrogen and oxygen atoms in total. The number of amides is 2. The normalized spacial score (nSPS) is 19.7. The fraction of sp³-hybridized carbons (Fsp3) is 0.414. The van der Waals surface area contributed by atoms with Gasteiger partial charge in [-0.25, -0.2) is 19.7 Å². The van der Waals surface area contributed by atoms with Gasteiger partial charge < -0.3 is 36.8 Å². The molecule has 0 aliphatic carbocycles. The highest BCUT2D eigenvalue weighted by molar-refractivity contribution is 7.80. The number of nitrogen functional groups attached to an aromatic ring is 1. The van der Waals surface area contributed by atoms with Gasteiger partial charge in [0, 0.05) is 29.9 Å². The number of benzene rings is 1. The van der Waals surface area contributed by atoms with Crippen molar-refractivity contribution in [3.63, 3.8) is 0 Å². The molecule has 2 amide bonds. The SMILES string of the molecule is CC1(C)[C@H](NC(=O)/C(=N\O[C@](C)(C(=O)O)[C@H]2CCc3cc(-c4cnc(NCCCN)nc4)ccc3O2)c2csc(N)n2)C(=O)N1OS(=O)(=O)O. The minimum atomic E-state index is -5.03. The van der Waals surface area contributed by atoms with Gasteiger partial charge >= 0.3 is 16.4 Å². The number of nitrogens with zero attached hydrogens (tertiary/aromatic N) is 5. The van der Waals surface area contributed by atoms with Crippen molar-refractivity contribution in [1.82, 2.24) is 25.3 Å². The number of nitrogens with one attached hydrogen (secondary N) is 2. The predicted octanol–water partition coefficient (Wildman–Crippen LogP) is 0.741. The first-order valence-corrected chi connectivity index (χ1v) is 17.4. The van der Waals surface area contributed by atoms with E-state index in [1.54, 1.807) is 24.5 Å². The largest absolute Gasteiger partial charge is 0.485 e. The molecule has 0 unspecified atom stereocenters. The fourth-order valence-electron chi connectivity index (χ4n) is 5.22. The number of aryl methyl sites for hydroxylation is 1. The van der Waals surface area contributed by atoms with Crippen molar-refractivity contribution >= 4 is 56.3 Å². The molecule has 0 radical (unpaired) electrons. The van der Waals surface area contributed by atoms with Crippen LogP contribution in [0.4, 0.5) is 11.1 Å². The second kappa shape index (κ2) is 14.1. The Balaban J connectivity index is 1.33. The number of carboxylic acids is 1. The summed E-state index contributed by atoms with van der Waals surface area (Å²) >= 11 is 0.964. The van der Waals surface area contributed by atoms with Gasteiger partial charge in [0.15, 0.2) is 16.9 Å². The Morgan fingerprint density at radius 3 is 2.58 bits per heavy atom. The lowest BCUT2D eigenvalue weighted by atomic mass is 9.84. The van der Waals surface area contributed by atoms with E-state index in [2.05, 4.69) is 35.0 Å². The summed E-state index contributed by atoms with van der Waals surface area (Å²) < 4.78 is 41.8. The van der Waals surface area contributed by atoms with Crippen molar-refractivity contribution in [2.45, 2.75) is 63.3 Å². The number of aliphatic carboxylic acids is 1. The maximum Gasteiger partial charge on any atom is 0.418 e.